The van der Waals surface area contributed by atoms with Gasteiger partial charge in [-0.25, -0.2) is 0 Å². The summed E-state index contributed by atoms with van der Waals surface area (Å²) in [5.41, 5.74) is 0.737. The number of hydrogen-bond donors (Lipinski definition) is 0. The third-order valence-corrected chi connectivity index (χ3v) is 7.24. The maximum Gasteiger partial charge on any atom is 0.253 e. The lowest BCUT2D eigenvalue weighted by Gasteiger charge is -2.36. The van der Waals surface area contributed by atoms with Crippen LogP contribution in [0.1, 0.15) is 42.5 Å². The molecule has 2 aliphatic carbocycles. The van der Waals surface area contributed by atoms with Crippen molar-refractivity contribution in [2.24, 2.45) is 17.8 Å². The normalized spacial score (nSPS) is 26.8. The number of fused-ring (bicyclic) bond motifs is 3. The molecule has 0 unspecified atom stereocenters. The molecule has 5 rings (SSSR count). The van der Waals surface area contributed by atoms with Gasteiger partial charge in [-0.05, 0) is 59.9 Å². The predicted molar refractivity (Wildman–Crippen MR) is 110 cm³/mol. The van der Waals surface area contributed by atoms with Crippen LogP contribution in [0.4, 0.5) is 0 Å². The van der Waals surface area contributed by atoms with Crippen LogP contribution < -0.4 is 0 Å². The first-order chi connectivity index (χ1) is 13.7. The fourth-order valence-corrected chi connectivity index (χ4v) is 5.64. The van der Waals surface area contributed by atoms with E-state index < -0.39 is 0 Å². The van der Waals surface area contributed by atoms with E-state index in [0.717, 1.165) is 34.6 Å². The molecule has 3 atom stereocenters. The minimum absolute atomic E-state index is 0.0750. The predicted octanol–water partition coefficient (Wildman–Crippen LogP) is 3.95. The smallest absolute Gasteiger partial charge is 0.253 e. The van der Waals surface area contributed by atoms with Gasteiger partial charge in [-0.2, -0.15) is 0 Å². The minimum Gasteiger partial charge on any atom is -0.339 e. The molecule has 2 saturated carbocycles. The summed E-state index contributed by atoms with van der Waals surface area (Å²) in [6.07, 6.45) is 6.05. The summed E-state index contributed by atoms with van der Waals surface area (Å²) < 4.78 is 0. The van der Waals surface area contributed by atoms with Crippen LogP contribution in [0.5, 0.6) is 0 Å². The van der Waals surface area contributed by atoms with E-state index in [4.69, 9.17) is 0 Å². The fourth-order valence-electron chi connectivity index (χ4n) is 5.64. The second-order valence-corrected chi connectivity index (χ2v) is 8.87. The van der Waals surface area contributed by atoms with Gasteiger partial charge >= 0.3 is 0 Å². The Labute approximate surface area is 166 Å². The summed E-state index contributed by atoms with van der Waals surface area (Å²) in [7, 11) is 0. The topological polar surface area (TPSA) is 40.6 Å². The van der Waals surface area contributed by atoms with Gasteiger partial charge in [0.2, 0.25) is 5.91 Å². The van der Waals surface area contributed by atoms with Gasteiger partial charge < -0.3 is 9.80 Å². The number of carbonyl (C=O) groups is 2. The van der Waals surface area contributed by atoms with Crippen LogP contribution in [0.25, 0.3) is 10.8 Å². The lowest BCUT2D eigenvalue weighted by molar-refractivity contribution is -0.134. The Hall–Kier alpha value is -2.36. The highest BCUT2D eigenvalue weighted by Crippen LogP contribution is 2.49. The van der Waals surface area contributed by atoms with Gasteiger partial charge in [0.05, 0.1) is 0 Å². The van der Waals surface area contributed by atoms with E-state index in [1.54, 1.807) is 0 Å². The first kappa shape index (κ1) is 17.7. The SMILES string of the molecule is O=C(C[C@H]1C[C@H]2CC[C@H]1C2)N1CCN(C(=O)c2ccc3ccccc3c2)CC1. The molecule has 1 heterocycles. The van der Waals surface area contributed by atoms with Gasteiger partial charge in [0.1, 0.15) is 0 Å². The number of rotatable bonds is 3. The van der Waals surface area contributed by atoms with Crippen molar-refractivity contribution in [1.29, 1.82) is 0 Å². The summed E-state index contributed by atoms with van der Waals surface area (Å²) in [6, 6.07) is 14.0. The second-order valence-electron chi connectivity index (χ2n) is 8.87. The molecule has 4 heteroatoms. The second kappa shape index (κ2) is 7.23. The number of amides is 2. The molecule has 146 valence electrons. The zero-order chi connectivity index (χ0) is 19.1. The molecular formula is C24H28N2O2. The summed E-state index contributed by atoms with van der Waals surface area (Å²) in [4.78, 5) is 29.5. The first-order valence-electron chi connectivity index (χ1n) is 10.7. The van der Waals surface area contributed by atoms with Crippen molar-refractivity contribution in [3.8, 4) is 0 Å². The largest absolute Gasteiger partial charge is 0.339 e. The molecule has 4 nitrogen and oxygen atoms in total. The number of carbonyl (C=O) groups excluding carboxylic acids is 2. The standard InChI is InChI=1S/C24H28N2O2/c27-23(16-22-14-17-5-6-20(22)13-17)25-9-11-26(12-10-25)24(28)21-8-7-18-3-1-2-4-19(18)15-21/h1-4,7-8,15,17,20,22H,5-6,9-14,16H2/t17-,20-,22+/m0/s1. The van der Waals surface area contributed by atoms with Crippen molar-refractivity contribution in [3.63, 3.8) is 0 Å². The van der Waals surface area contributed by atoms with Crippen LogP contribution in [0, 0.1) is 17.8 Å². The van der Waals surface area contributed by atoms with Crippen molar-refractivity contribution in [2.45, 2.75) is 32.1 Å². The Balaban J connectivity index is 1.18. The van der Waals surface area contributed by atoms with Gasteiger partial charge in [-0.3, -0.25) is 9.59 Å². The summed E-state index contributed by atoms with van der Waals surface area (Å²) in [5, 5.41) is 2.24. The van der Waals surface area contributed by atoms with E-state index >= 15 is 0 Å². The molecule has 0 aromatic heterocycles. The molecule has 1 aliphatic heterocycles. The van der Waals surface area contributed by atoms with Crippen molar-refractivity contribution in [1.82, 2.24) is 9.80 Å². The van der Waals surface area contributed by atoms with Crippen LogP contribution in [0.3, 0.4) is 0 Å². The Morgan fingerprint density at radius 1 is 0.857 bits per heavy atom. The zero-order valence-electron chi connectivity index (χ0n) is 16.3. The molecule has 2 amide bonds. The van der Waals surface area contributed by atoms with Crippen molar-refractivity contribution in [3.05, 3.63) is 48.0 Å². The van der Waals surface area contributed by atoms with Crippen LogP contribution in [0.15, 0.2) is 42.5 Å². The molecule has 28 heavy (non-hydrogen) atoms. The third-order valence-electron chi connectivity index (χ3n) is 7.24. The minimum atomic E-state index is 0.0750. The van der Waals surface area contributed by atoms with Crippen LogP contribution in [0.2, 0.25) is 0 Å². The highest BCUT2D eigenvalue weighted by Gasteiger charge is 2.40. The van der Waals surface area contributed by atoms with Gasteiger partial charge in [0, 0.05) is 38.2 Å². The van der Waals surface area contributed by atoms with Gasteiger partial charge in [-0.15, -0.1) is 0 Å². The Kier molecular flexibility index (Phi) is 4.58. The maximum atomic E-state index is 12.9. The van der Waals surface area contributed by atoms with Crippen LogP contribution >= 0.6 is 0 Å². The van der Waals surface area contributed by atoms with Gasteiger partial charge in [0.15, 0.2) is 0 Å². The Morgan fingerprint density at radius 2 is 1.61 bits per heavy atom. The number of piperazine rings is 1. The lowest BCUT2D eigenvalue weighted by atomic mass is 9.86. The van der Waals surface area contributed by atoms with Crippen LogP contribution in [-0.4, -0.2) is 47.8 Å². The molecule has 3 aliphatic rings. The lowest BCUT2D eigenvalue weighted by Crippen LogP contribution is -2.51. The number of hydrogen-bond acceptors (Lipinski definition) is 2. The first-order valence-corrected chi connectivity index (χ1v) is 10.7. The van der Waals surface area contributed by atoms with Crippen molar-refractivity contribution < 1.29 is 9.59 Å². The van der Waals surface area contributed by atoms with E-state index in [0.29, 0.717) is 38.0 Å². The monoisotopic (exact) mass is 376 g/mol. The molecule has 2 aromatic carbocycles. The maximum absolute atomic E-state index is 12.9. The average molecular weight is 377 g/mol. The number of benzene rings is 2. The summed E-state index contributed by atoms with van der Waals surface area (Å²) in [5.74, 6) is 2.67. The van der Waals surface area contributed by atoms with E-state index in [-0.39, 0.29) is 5.91 Å². The van der Waals surface area contributed by atoms with E-state index in [2.05, 4.69) is 6.07 Å². The molecule has 3 fully saturated rings. The van der Waals surface area contributed by atoms with Gasteiger partial charge in [0.25, 0.3) is 5.91 Å². The molecule has 0 radical (unpaired) electrons. The van der Waals surface area contributed by atoms with Crippen molar-refractivity contribution >= 4 is 22.6 Å². The summed E-state index contributed by atoms with van der Waals surface area (Å²) in [6.45, 7) is 2.60. The van der Waals surface area contributed by atoms with Crippen molar-refractivity contribution in [2.75, 3.05) is 26.2 Å². The average Bonchev–Trinajstić information content (AvgIpc) is 3.36. The molecule has 2 bridgehead atoms. The zero-order valence-corrected chi connectivity index (χ0v) is 16.3. The Morgan fingerprint density at radius 3 is 2.32 bits per heavy atom. The third kappa shape index (κ3) is 3.30. The molecule has 2 aromatic rings. The molecular weight excluding hydrogens is 348 g/mol. The number of nitrogens with zero attached hydrogens (tertiary/aromatic N) is 2. The molecule has 0 N–H and O–H groups in total. The highest BCUT2D eigenvalue weighted by molar-refractivity contribution is 5.98. The summed E-state index contributed by atoms with van der Waals surface area (Å²) >= 11 is 0. The van der Waals surface area contributed by atoms with E-state index in [9.17, 15) is 9.59 Å². The van der Waals surface area contributed by atoms with Gasteiger partial charge in [-0.1, -0.05) is 36.8 Å². The molecule has 1 saturated heterocycles. The van der Waals surface area contributed by atoms with E-state index in [1.807, 2.05) is 46.2 Å². The quantitative estimate of drug-likeness (QED) is 0.814. The van der Waals surface area contributed by atoms with Crippen LogP contribution in [-0.2, 0) is 4.79 Å². The Bertz CT molecular complexity index is 900. The molecule has 0 spiro atoms. The highest BCUT2D eigenvalue weighted by atomic mass is 16.2. The fraction of sp³-hybridized carbons (Fsp3) is 0.500. The van der Waals surface area contributed by atoms with E-state index in [1.165, 1.54) is 25.7 Å².